The molecular weight excluding hydrogens is 1020 g/mol. The maximum Gasteiger partial charge on any atom is 0.135 e. The summed E-state index contributed by atoms with van der Waals surface area (Å²) in [7, 11) is 0. The molecule has 0 amide bonds. The van der Waals surface area contributed by atoms with Crippen LogP contribution < -0.4 is 28.4 Å². The van der Waals surface area contributed by atoms with E-state index >= 15 is 0 Å². The van der Waals surface area contributed by atoms with Crippen molar-refractivity contribution in [1.82, 2.24) is 0 Å². The zero-order chi connectivity index (χ0) is 40.7. The number of benzene rings is 8. The van der Waals surface area contributed by atoms with Gasteiger partial charge in [0, 0.05) is 76.2 Å². The lowest BCUT2D eigenvalue weighted by Crippen LogP contribution is -2.22. The molecule has 8 aromatic rings. The fourth-order valence-electron chi connectivity index (χ4n) is 7.65. The van der Waals surface area contributed by atoms with Gasteiger partial charge in [-0.25, -0.2) is 0 Å². The van der Waals surface area contributed by atoms with E-state index in [4.69, 9.17) is 28.4 Å². The van der Waals surface area contributed by atoms with E-state index in [2.05, 4.69) is 88.0 Å². The Balaban J connectivity index is 1.11. The first-order valence-corrected chi connectivity index (χ1v) is 22.1. The Bertz CT molecular complexity index is 2540. The third-order valence-corrected chi connectivity index (χ3v) is 12.2. The maximum atomic E-state index is 6.81. The number of hydrogen-bond acceptors (Lipinski definition) is 6. The third-order valence-electron chi connectivity index (χ3n) is 10.2. The van der Waals surface area contributed by atoms with Crippen LogP contribution in [0, 0.1) is 0 Å². The van der Waals surface area contributed by atoms with Crippen molar-refractivity contribution in [2.24, 2.45) is 0 Å². The Morgan fingerprint density at radius 2 is 0.517 bits per heavy atom. The number of halogens is 4. The summed E-state index contributed by atoms with van der Waals surface area (Å²) in [6, 6.07) is 55.3. The maximum absolute atomic E-state index is 6.81. The van der Waals surface area contributed by atoms with Crippen LogP contribution >= 0.6 is 63.7 Å². The zero-order valence-corrected chi connectivity index (χ0v) is 37.6. The topological polar surface area (TPSA) is 55.4 Å². The van der Waals surface area contributed by atoms with Crippen LogP contribution in [0.5, 0.6) is 69.0 Å². The van der Waals surface area contributed by atoms with Gasteiger partial charge < -0.3 is 28.4 Å². The molecule has 0 spiro atoms. The Morgan fingerprint density at radius 1 is 0.283 bits per heavy atom. The quantitative estimate of drug-likeness (QED) is 0.144. The summed E-state index contributed by atoms with van der Waals surface area (Å²) in [5, 5.41) is 0. The fourth-order valence-corrected chi connectivity index (χ4v) is 9.16. The van der Waals surface area contributed by atoms with Gasteiger partial charge in [0.15, 0.2) is 0 Å². The minimum absolute atomic E-state index is 0.223. The van der Waals surface area contributed by atoms with Crippen molar-refractivity contribution >= 4 is 63.7 Å². The molecule has 6 nitrogen and oxygen atoms in total. The second kappa shape index (κ2) is 16.5. The average Bonchev–Trinajstić information content (AvgIpc) is 3.22. The van der Waals surface area contributed by atoms with Gasteiger partial charge in [-0.1, -0.05) is 112 Å². The van der Waals surface area contributed by atoms with Crippen LogP contribution in [0.1, 0.15) is 34.1 Å². The number of fused-ring (bicyclic) bond motifs is 4. The molecule has 2 heterocycles. The van der Waals surface area contributed by atoms with Crippen molar-refractivity contribution in [3.8, 4) is 69.0 Å². The van der Waals surface area contributed by atoms with E-state index in [0.29, 0.717) is 69.0 Å². The van der Waals surface area contributed by atoms with Crippen molar-refractivity contribution in [1.29, 1.82) is 0 Å². The molecule has 10 rings (SSSR count). The van der Waals surface area contributed by atoms with Crippen LogP contribution in [0.15, 0.2) is 188 Å². The summed E-state index contributed by atoms with van der Waals surface area (Å²) < 4.78 is 42.8. The highest BCUT2D eigenvalue weighted by atomic mass is 79.9. The smallest absolute Gasteiger partial charge is 0.135 e. The summed E-state index contributed by atoms with van der Waals surface area (Å²) in [6.07, 6.45) is 0. The molecule has 0 N–H and O–H groups in total. The molecule has 0 aliphatic carbocycles. The van der Waals surface area contributed by atoms with Crippen LogP contribution in [-0.2, 0) is 0 Å². The monoisotopic (exact) mass is 1040 g/mol. The van der Waals surface area contributed by atoms with E-state index in [0.717, 1.165) is 40.1 Å². The van der Waals surface area contributed by atoms with Crippen molar-refractivity contribution < 1.29 is 28.4 Å². The van der Waals surface area contributed by atoms with Gasteiger partial charge in [0.05, 0.1) is 0 Å². The molecule has 2 aliphatic heterocycles. The molecule has 0 saturated carbocycles. The molecular formula is C50H30Br4O6. The summed E-state index contributed by atoms with van der Waals surface area (Å²) in [5.41, 5.74) is 3.99. The van der Waals surface area contributed by atoms with Crippen LogP contribution in [0.4, 0.5) is 0 Å². The molecule has 0 aromatic heterocycles. The minimum atomic E-state index is -0.223. The van der Waals surface area contributed by atoms with Gasteiger partial charge in [0.1, 0.15) is 69.0 Å². The molecule has 0 fully saturated rings. The minimum Gasteiger partial charge on any atom is -0.457 e. The molecule has 0 bridgehead atoms. The molecule has 8 aromatic carbocycles. The number of ether oxygens (including phenoxy) is 6. The highest BCUT2D eigenvalue weighted by Gasteiger charge is 2.41. The van der Waals surface area contributed by atoms with Crippen molar-refractivity contribution in [3.05, 3.63) is 210 Å². The molecule has 0 saturated heterocycles. The zero-order valence-electron chi connectivity index (χ0n) is 31.3. The van der Waals surface area contributed by atoms with Gasteiger partial charge in [-0.3, -0.25) is 0 Å². The Kier molecular flexibility index (Phi) is 10.6. The third kappa shape index (κ3) is 8.17. The van der Waals surface area contributed by atoms with Crippen molar-refractivity contribution in [2.75, 3.05) is 0 Å². The second-order valence-corrected chi connectivity index (χ2v) is 17.9. The van der Waals surface area contributed by atoms with Crippen molar-refractivity contribution in [2.45, 2.75) is 11.8 Å². The van der Waals surface area contributed by atoms with Crippen molar-refractivity contribution in [3.63, 3.8) is 0 Å². The first kappa shape index (κ1) is 38.7. The van der Waals surface area contributed by atoms with E-state index in [9.17, 15) is 0 Å². The van der Waals surface area contributed by atoms with Crippen LogP contribution in [0.2, 0.25) is 0 Å². The predicted octanol–water partition coefficient (Wildman–Crippen LogP) is 17.1. The van der Waals surface area contributed by atoms with Gasteiger partial charge in [-0.2, -0.15) is 0 Å². The predicted molar refractivity (Wildman–Crippen MR) is 246 cm³/mol. The van der Waals surface area contributed by atoms with E-state index < -0.39 is 0 Å². The lowest BCUT2D eigenvalue weighted by atomic mass is 9.71. The Labute approximate surface area is 380 Å². The summed E-state index contributed by atoms with van der Waals surface area (Å²) >= 11 is 14.3. The second-order valence-electron chi connectivity index (χ2n) is 14.2. The molecule has 10 heteroatoms. The molecule has 60 heavy (non-hydrogen) atoms. The number of rotatable bonds is 9. The highest BCUT2D eigenvalue weighted by molar-refractivity contribution is 9.11. The van der Waals surface area contributed by atoms with Gasteiger partial charge >= 0.3 is 0 Å². The largest absolute Gasteiger partial charge is 0.457 e. The average molecular weight is 1050 g/mol. The summed E-state index contributed by atoms with van der Waals surface area (Å²) in [5.74, 6) is 7.67. The van der Waals surface area contributed by atoms with Crippen LogP contribution in [-0.4, -0.2) is 0 Å². The molecule has 2 aliphatic rings. The van der Waals surface area contributed by atoms with E-state index in [1.165, 1.54) is 0 Å². The molecule has 0 atom stereocenters. The highest BCUT2D eigenvalue weighted by Crippen LogP contribution is 2.59. The summed E-state index contributed by atoms with van der Waals surface area (Å²) in [4.78, 5) is 0. The first-order valence-electron chi connectivity index (χ1n) is 18.9. The summed E-state index contributed by atoms with van der Waals surface area (Å²) in [6.45, 7) is 0. The van der Waals surface area contributed by atoms with Gasteiger partial charge in [0.25, 0.3) is 0 Å². The first-order chi connectivity index (χ1) is 29.3. The molecule has 294 valence electrons. The normalized spacial score (nSPS) is 12.8. The number of hydrogen-bond donors (Lipinski definition) is 0. The Hall–Kier alpha value is -5.52. The van der Waals surface area contributed by atoms with E-state index in [1.807, 2.05) is 146 Å². The van der Waals surface area contributed by atoms with Gasteiger partial charge in [-0.05, 0) is 97.1 Å². The lowest BCUT2D eigenvalue weighted by molar-refractivity contribution is 0.400. The van der Waals surface area contributed by atoms with Crippen LogP contribution in [0.3, 0.4) is 0 Å². The van der Waals surface area contributed by atoms with Crippen LogP contribution in [0.25, 0.3) is 0 Å². The van der Waals surface area contributed by atoms with Gasteiger partial charge in [-0.15, -0.1) is 0 Å². The van der Waals surface area contributed by atoms with E-state index in [1.54, 1.807) is 0 Å². The standard InChI is InChI=1S/C50H30Br4O6/c51-29-5-1-9-33(21-29)55-37-13-17-41-45(25-37)59-46-26-38(56-34-10-2-6-30(52)22-34)14-18-42(46)49(41)50-43-19-15-39(57-35-11-3-7-31(53)23-35)27-47(43)60-48-28-40(16-20-44(48)50)58-36-12-4-8-32(54)24-36/h1-28,49-50H. The lowest BCUT2D eigenvalue weighted by Gasteiger charge is -2.38. The fraction of sp³-hybridized carbons (Fsp3) is 0.0400. The molecule has 0 unspecified atom stereocenters. The Morgan fingerprint density at radius 3 is 0.750 bits per heavy atom. The molecule has 0 radical (unpaired) electrons. The SMILES string of the molecule is Brc1cccc(Oc2ccc3c(c2)Oc2cc(Oc4cccc(Br)c4)ccc2C3C2c3ccc(Oc4cccc(Br)c4)cc3Oc3cc(Oc4cccc(Br)c4)ccc32)c1. The van der Waals surface area contributed by atoms with E-state index in [-0.39, 0.29) is 11.8 Å². The van der Waals surface area contributed by atoms with Gasteiger partial charge in [0.2, 0.25) is 0 Å².